The fourth-order valence-electron chi connectivity index (χ4n) is 1.66. The molecule has 1 atom stereocenters. The summed E-state index contributed by atoms with van der Waals surface area (Å²) in [6.07, 6.45) is -4.65. The quantitative estimate of drug-likeness (QED) is 0.756. The van der Waals surface area contributed by atoms with Gasteiger partial charge in [-0.1, -0.05) is 11.6 Å². The smallest absolute Gasteiger partial charge is 0.277 e. The van der Waals surface area contributed by atoms with Crippen molar-refractivity contribution in [3.05, 3.63) is 26.5 Å². The van der Waals surface area contributed by atoms with Crippen molar-refractivity contribution in [1.29, 1.82) is 0 Å². The van der Waals surface area contributed by atoms with Crippen LogP contribution in [0.3, 0.4) is 0 Å². The van der Waals surface area contributed by atoms with Crippen LogP contribution in [0.25, 0.3) is 11.2 Å². The molecule has 20 heavy (non-hydrogen) atoms. The van der Waals surface area contributed by atoms with Gasteiger partial charge in [-0.25, -0.2) is 9.97 Å². The first kappa shape index (κ1) is 15.0. The Morgan fingerprint density at radius 2 is 1.80 bits per heavy atom. The number of alkyl halides is 3. The number of aromatic nitrogens is 4. The van der Waals surface area contributed by atoms with E-state index in [1.165, 1.54) is 6.92 Å². The lowest BCUT2D eigenvalue weighted by Crippen LogP contribution is -2.34. The standard InChI is InChI=1S/C10H7Cl2F3N4O/c1-3-5-7(18-9(12)16-3)19(4(2)10(13,14)15)8(20)6(11)17-5/h4H,1-2H3/t4-/m0/s1. The van der Waals surface area contributed by atoms with Gasteiger partial charge in [0.25, 0.3) is 5.56 Å². The van der Waals surface area contributed by atoms with Gasteiger partial charge in [0, 0.05) is 0 Å². The van der Waals surface area contributed by atoms with Crippen LogP contribution in [0.4, 0.5) is 13.2 Å². The molecule has 0 aliphatic heterocycles. The maximum absolute atomic E-state index is 12.9. The summed E-state index contributed by atoms with van der Waals surface area (Å²) >= 11 is 11.2. The highest BCUT2D eigenvalue weighted by molar-refractivity contribution is 6.29. The van der Waals surface area contributed by atoms with Crippen molar-refractivity contribution in [3.8, 4) is 0 Å². The van der Waals surface area contributed by atoms with E-state index in [9.17, 15) is 18.0 Å². The zero-order valence-corrected chi connectivity index (χ0v) is 11.7. The molecule has 5 nitrogen and oxygen atoms in total. The predicted molar refractivity (Wildman–Crippen MR) is 67.1 cm³/mol. The molecule has 2 heterocycles. The number of hydrogen-bond donors (Lipinski definition) is 0. The third-order valence-electron chi connectivity index (χ3n) is 2.71. The molecule has 0 bridgehead atoms. The molecule has 0 saturated heterocycles. The first-order valence-corrected chi connectivity index (χ1v) is 6.07. The maximum atomic E-state index is 12.9. The summed E-state index contributed by atoms with van der Waals surface area (Å²) in [4.78, 5) is 23.0. The molecule has 0 aliphatic rings. The van der Waals surface area contributed by atoms with E-state index in [0.29, 0.717) is 4.57 Å². The van der Waals surface area contributed by atoms with E-state index < -0.39 is 22.9 Å². The third-order valence-corrected chi connectivity index (χ3v) is 3.12. The second-order valence-corrected chi connectivity index (χ2v) is 4.74. The van der Waals surface area contributed by atoms with E-state index in [2.05, 4.69) is 15.0 Å². The first-order valence-electron chi connectivity index (χ1n) is 5.31. The summed E-state index contributed by atoms with van der Waals surface area (Å²) in [6, 6.07) is -2.12. The molecule has 0 aliphatic carbocycles. The largest absolute Gasteiger partial charge is 0.409 e. The predicted octanol–water partition coefficient (Wildman–Crippen LogP) is 2.93. The number of hydrogen-bond acceptors (Lipinski definition) is 4. The van der Waals surface area contributed by atoms with Crippen molar-refractivity contribution < 1.29 is 13.2 Å². The van der Waals surface area contributed by atoms with Crippen LogP contribution in [-0.4, -0.2) is 25.7 Å². The van der Waals surface area contributed by atoms with Crippen molar-refractivity contribution in [3.63, 3.8) is 0 Å². The second kappa shape index (κ2) is 4.85. The van der Waals surface area contributed by atoms with Crippen molar-refractivity contribution in [2.24, 2.45) is 0 Å². The van der Waals surface area contributed by atoms with Crippen molar-refractivity contribution in [2.75, 3.05) is 0 Å². The molecule has 0 N–H and O–H groups in total. The number of rotatable bonds is 1. The molecule has 2 rings (SSSR count). The summed E-state index contributed by atoms with van der Waals surface area (Å²) in [5.41, 5.74) is -1.17. The summed E-state index contributed by atoms with van der Waals surface area (Å²) in [7, 11) is 0. The van der Waals surface area contributed by atoms with Gasteiger partial charge in [-0.2, -0.15) is 18.2 Å². The van der Waals surface area contributed by atoms with Gasteiger partial charge >= 0.3 is 6.18 Å². The van der Waals surface area contributed by atoms with E-state index in [1.54, 1.807) is 0 Å². The molecule has 0 saturated carbocycles. The minimum Gasteiger partial charge on any atom is -0.277 e. The van der Waals surface area contributed by atoms with E-state index in [4.69, 9.17) is 23.2 Å². The van der Waals surface area contributed by atoms with Gasteiger partial charge in [0.05, 0.1) is 5.69 Å². The highest BCUT2D eigenvalue weighted by Crippen LogP contribution is 2.31. The van der Waals surface area contributed by atoms with Gasteiger partial charge in [-0.05, 0) is 25.4 Å². The Kier molecular flexibility index (Phi) is 3.64. The molecule has 0 unspecified atom stereocenters. The maximum Gasteiger partial charge on any atom is 0.409 e. The Bertz CT molecular complexity index is 744. The lowest BCUT2D eigenvalue weighted by atomic mass is 10.3. The lowest BCUT2D eigenvalue weighted by molar-refractivity contribution is -0.162. The van der Waals surface area contributed by atoms with Gasteiger partial charge in [0.2, 0.25) is 5.28 Å². The zero-order valence-electron chi connectivity index (χ0n) is 10.2. The molecular formula is C10H7Cl2F3N4O. The molecule has 108 valence electrons. The molecule has 2 aromatic heterocycles. The number of nitrogens with zero attached hydrogens (tertiary/aromatic N) is 4. The van der Waals surface area contributed by atoms with Crippen LogP contribution < -0.4 is 5.56 Å². The van der Waals surface area contributed by atoms with Gasteiger partial charge in [0.15, 0.2) is 10.8 Å². The number of aryl methyl sites for hydroxylation is 1. The molecule has 0 amide bonds. The average Bonchev–Trinajstić information content (AvgIpc) is 2.30. The second-order valence-electron chi connectivity index (χ2n) is 4.05. The summed E-state index contributed by atoms with van der Waals surface area (Å²) in [6.45, 7) is 2.30. The minimum atomic E-state index is -4.65. The zero-order chi connectivity index (χ0) is 15.2. The van der Waals surface area contributed by atoms with Gasteiger partial charge in [-0.15, -0.1) is 0 Å². The van der Waals surface area contributed by atoms with Gasteiger partial charge < -0.3 is 0 Å². The molecular weight excluding hydrogens is 320 g/mol. The lowest BCUT2D eigenvalue weighted by Gasteiger charge is -2.20. The minimum absolute atomic E-state index is 0.00454. The SMILES string of the molecule is Cc1nc(Cl)nc2c1nc(Cl)c(=O)n2[C@@H](C)C(F)(F)F. The number of halogens is 5. The van der Waals surface area contributed by atoms with E-state index in [1.807, 2.05) is 0 Å². The van der Waals surface area contributed by atoms with Crippen LogP contribution in [0.1, 0.15) is 18.7 Å². The number of fused-ring (bicyclic) bond motifs is 1. The van der Waals surface area contributed by atoms with Crippen LogP contribution in [-0.2, 0) is 0 Å². The Labute approximate surface area is 120 Å². The summed E-state index contributed by atoms with van der Waals surface area (Å²) in [5, 5.41) is -0.857. The monoisotopic (exact) mass is 326 g/mol. The van der Waals surface area contributed by atoms with Crippen molar-refractivity contribution in [1.82, 2.24) is 19.5 Å². The fraction of sp³-hybridized carbons (Fsp3) is 0.400. The van der Waals surface area contributed by atoms with Crippen molar-refractivity contribution in [2.45, 2.75) is 26.1 Å². The van der Waals surface area contributed by atoms with E-state index in [0.717, 1.165) is 6.92 Å². The summed E-state index contributed by atoms with van der Waals surface area (Å²) in [5.74, 6) is 0. The Hall–Kier alpha value is -1.41. The topological polar surface area (TPSA) is 60.7 Å². The molecule has 0 fully saturated rings. The van der Waals surface area contributed by atoms with E-state index >= 15 is 0 Å². The van der Waals surface area contributed by atoms with Crippen LogP contribution in [0.2, 0.25) is 10.4 Å². The molecule has 2 aromatic rings. The van der Waals surface area contributed by atoms with E-state index in [-0.39, 0.29) is 22.1 Å². The summed E-state index contributed by atoms with van der Waals surface area (Å²) < 4.78 is 39.0. The van der Waals surface area contributed by atoms with Gasteiger partial charge in [0.1, 0.15) is 11.6 Å². The highest BCUT2D eigenvalue weighted by atomic mass is 35.5. The Morgan fingerprint density at radius 1 is 1.20 bits per heavy atom. The first-order chi connectivity index (χ1) is 9.12. The van der Waals surface area contributed by atoms with Crippen LogP contribution >= 0.6 is 23.2 Å². The molecule has 0 aromatic carbocycles. The third kappa shape index (κ3) is 2.45. The van der Waals surface area contributed by atoms with Crippen molar-refractivity contribution >= 4 is 34.4 Å². The Morgan fingerprint density at radius 3 is 2.35 bits per heavy atom. The Balaban J connectivity index is 2.95. The molecule has 10 heteroatoms. The molecule has 0 radical (unpaired) electrons. The van der Waals surface area contributed by atoms with Crippen LogP contribution in [0.15, 0.2) is 4.79 Å². The fourth-order valence-corrected chi connectivity index (χ4v) is 2.05. The molecule has 0 spiro atoms. The van der Waals surface area contributed by atoms with Crippen LogP contribution in [0.5, 0.6) is 0 Å². The normalized spacial score (nSPS) is 13.8. The highest BCUT2D eigenvalue weighted by Gasteiger charge is 2.39. The average molecular weight is 327 g/mol. The van der Waals surface area contributed by atoms with Gasteiger partial charge in [-0.3, -0.25) is 9.36 Å². The van der Waals surface area contributed by atoms with Crippen LogP contribution in [0, 0.1) is 6.92 Å².